The number of Topliss-reactive ketones (excluding diaryl/α,β-unsaturated/α-hetero) is 1. The van der Waals surface area contributed by atoms with E-state index in [1.54, 1.807) is 4.57 Å². The lowest BCUT2D eigenvalue weighted by atomic mass is 10.1. The second kappa shape index (κ2) is 9.05. The highest BCUT2D eigenvalue weighted by molar-refractivity contribution is 5.97. The molecule has 0 radical (unpaired) electrons. The molecule has 4 aromatic rings. The Labute approximate surface area is 197 Å². The minimum atomic E-state index is -4.46. The fourth-order valence-electron chi connectivity index (χ4n) is 4.26. The minimum absolute atomic E-state index is 0.0387. The van der Waals surface area contributed by atoms with E-state index in [0.29, 0.717) is 6.54 Å². The van der Waals surface area contributed by atoms with Crippen LogP contribution in [0, 0.1) is 13.8 Å². The Morgan fingerprint density at radius 3 is 2.34 bits per heavy atom. The number of benzene rings is 1. The molecule has 0 atom stereocenters. The molecule has 0 N–H and O–H groups in total. The van der Waals surface area contributed by atoms with E-state index in [2.05, 4.69) is 4.98 Å². The summed E-state index contributed by atoms with van der Waals surface area (Å²) in [4.78, 5) is 44.1. The Morgan fingerprint density at radius 1 is 1.03 bits per heavy atom. The zero-order valence-corrected chi connectivity index (χ0v) is 19.5. The van der Waals surface area contributed by atoms with E-state index in [0.717, 1.165) is 14.7 Å². The van der Waals surface area contributed by atoms with E-state index in [-0.39, 0.29) is 34.7 Å². The van der Waals surface area contributed by atoms with Crippen LogP contribution in [0.4, 0.5) is 13.2 Å². The first-order valence-corrected chi connectivity index (χ1v) is 11.0. The van der Waals surface area contributed by atoms with E-state index >= 15 is 0 Å². The van der Waals surface area contributed by atoms with Crippen LogP contribution in [0.25, 0.3) is 11.2 Å². The molecule has 0 bridgehead atoms. The lowest BCUT2D eigenvalue weighted by Gasteiger charge is -2.13. The monoisotopic (exact) mass is 487 g/mol. The van der Waals surface area contributed by atoms with Crippen LogP contribution in [-0.2, 0) is 26.2 Å². The number of carbonyl (C=O) groups is 1. The van der Waals surface area contributed by atoms with Gasteiger partial charge in [-0.05, 0) is 32.4 Å². The van der Waals surface area contributed by atoms with Crippen LogP contribution >= 0.6 is 0 Å². The second-order valence-electron chi connectivity index (χ2n) is 8.36. The summed E-state index contributed by atoms with van der Waals surface area (Å²) in [5.41, 5.74) is 0.219. The minimum Gasteiger partial charge on any atom is -0.339 e. The molecule has 0 amide bonds. The summed E-state index contributed by atoms with van der Waals surface area (Å²) in [6, 6.07) is 10.5. The average molecular weight is 487 g/mol. The molecule has 3 aromatic heterocycles. The molecule has 1 aromatic carbocycles. The van der Waals surface area contributed by atoms with Gasteiger partial charge in [0, 0.05) is 23.5 Å². The third kappa shape index (κ3) is 4.58. The number of nitrogens with zero attached hydrogens (tertiary/aromatic N) is 5. The highest BCUT2D eigenvalue weighted by Gasteiger charge is 2.30. The lowest BCUT2D eigenvalue weighted by Crippen LogP contribution is -2.42. The smallest absolute Gasteiger partial charge is 0.339 e. The molecule has 0 aliphatic rings. The Balaban J connectivity index is 1.81. The van der Waals surface area contributed by atoms with Crippen LogP contribution in [0.3, 0.4) is 0 Å². The second-order valence-corrected chi connectivity index (χ2v) is 8.36. The first kappa shape index (κ1) is 24.2. The normalized spacial score (nSPS) is 11.9. The van der Waals surface area contributed by atoms with Gasteiger partial charge in [-0.15, -0.1) is 0 Å². The maximum atomic E-state index is 13.4. The molecule has 3 heterocycles. The predicted molar refractivity (Wildman–Crippen MR) is 124 cm³/mol. The quantitative estimate of drug-likeness (QED) is 0.375. The molecule has 0 saturated heterocycles. The fraction of sp³-hybridized carbons (Fsp3) is 0.333. The summed E-state index contributed by atoms with van der Waals surface area (Å²) >= 11 is 0. The number of aryl methyl sites for hydroxylation is 2. The Kier molecular flexibility index (Phi) is 6.27. The number of carbonyl (C=O) groups excluding carboxylic acids is 1. The number of rotatable bonds is 7. The van der Waals surface area contributed by atoms with Crippen LogP contribution in [0.1, 0.15) is 34.2 Å². The van der Waals surface area contributed by atoms with Crippen LogP contribution in [0.15, 0.2) is 52.3 Å². The summed E-state index contributed by atoms with van der Waals surface area (Å²) in [6.45, 7) is 3.42. The average Bonchev–Trinajstić information content (AvgIpc) is 3.36. The van der Waals surface area contributed by atoms with Gasteiger partial charge in [-0.3, -0.25) is 18.7 Å². The van der Waals surface area contributed by atoms with Gasteiger partial charge in [0.25, 0.3) is 5.56 Å². The van der Waals surface area contributed by atoms with Gasteiger partial charge in [0.15, 0.2) is 16.9 Å². The summed E-state index contributed by atoms with van der Waals surface area (Å²) in [5, 5.41) is 0. The molecule has 4 rings (SSSR count). The first-order chi connectivity index (χ1) is 16.5. The first-order valence-electron chi connectivity index (χ1n) is 11.0. The van der Waals surface area contributed by atoms with Crippen molar-refractivity contribution >= 4 is 16.9 Å². The number of fused-ring (bicyclic) bond motifs is 1. The van der Waals surface area contributed by atoms with Crippen LogP contribution in [0.5, 0.6) is 0 Å². The molecule has 0 aliphatic heterocycles. The molecule has 11 heteroatoms. The molecule has 0 fully saturated rings. The topological polar surface area (TPSA) is 83.8 Å². The molecule has 184 valence electrons. The molecular formula is C24H24F3N5O3. The number of imidazole rings is 1. The van der Waals surface area contributed by atoms with Crippen molar-refractivity contribution in [2.24, 2.45) is 0 Å². The highest BCUT2D eigenvalue weighted by Crippen LogP contribution is 2.23. The van der Waals surface area contributed by atoms with Crippen LogP contribution in [-0.4, -0.2) is 35.2 Å². The molecule has 8 nitrogen and oxygen atoms in total. The Bertz CT molecular complexity index is 1520. The summed E-state index contributed by atoms with van der Waals surface area (Å²) in [6.07, 6.45) is -3.00. The fourth-order valence-corrected chi connectivity index (χ4v) is 4.26. The molecule has 0 unspecified atom stereocenters. The van der Waals surface area contributed by atoms with Crippen molar-refractivity contribution in [3.63, 3.8) is 0 Å². The van der Waals surface area contributed by atoms with Crippen molar-refractivity contribution in [1.82, 2.24) is 23.3 Å². The Hall–Kier alpha value is -3.89. The number of hydrogen-bond acceptors (Lipinski definition) is 4. The number of halogens is 3. The van der Waals surface area contributed by atoms with E-state index in [9.17, 15) is 27.6 Å². The number of hydrogen-bond donors (Lipinski definition) is 0. The third-order valence-electron chi connectivity index (χ3n) is 6.02. The zero-order chi connectivity index (χ0) is 25.5. The van der Waals surface area contributed by atoms with Crippen molar-refractivity contribution in [2.75, 3.05) is 0 Å². The van der Waals surface area contributed by atoms with Crippen molar-refractivity contribution in [3.05, 3.63) is 86.1 Å². The molecule has 0 saturated carbocycles. The van der Waals surface area contributed by atoms with Crippen molar-refractivity contribution in [2.45, 2.75) is 53.1 Å². The van der Waals surface area contributed by atoms with E-state index in [1.807, 2.05) is 37.3 Å². The number of alkyl halides is 3. The van der Waals surface area contributed by atoms with Gasteiger partial charge in [0.2, 0.25) is 0 Å². The zero-order valence-electron chi connectivity index (χ0n) is 19.5. The molecule has 0 aliphatic carbocycles. The van der Waals surface area contributed by atoms with Crippen LogP contribution < -0.4 is 11.2 Å². The largest absolute Gasteiger partial charge is 0.406 e. The van der Waals surface area contributed by atoms with Gasteiger partial charge in [-0.25, -0.2) is 9.78 Å². The summed E-state index contributed by atoms with van der Waals surface area (Å²) in [5.74, 6) is -0.626. The predicted octanol–water partition coefficient (Wildman–Crippen LogP) is 3.29. The summed E-state index contributed by atoms with van der Waals surface area (Å²) < 4.78 is 43.7. The van der Waals surface area contributed by atoms with Gasteiger partial charge >= 0.3 is 11.9 Å². The van der Waals surface area contributed by atoms with Gasteiger partial charge in [-0.2, -0.15) is 13.2 Å². The van der Waals surface area contributed by atoms with E-state index in [1.165, 1.54) is 30.8 Å². The highest BCUT2D eigenvalue weighted by atomic mass is 19.4. The number of aromatic nitrogens is 5. The SMILES string of the molecule is CCn1cnc2c1c(=O)n(CC(=O)c1cc(C)n(CC(F)(F)F)c1C)c(=O)n2Cc1ccccc1. The lowest BCUT2D eigenvalue weighted by molar-refractivity contribution is -0.141. The van der Waals surface area contributed by atoms with Gasteiger partial charge in [0.1, 0.15) is 6.54 Å². The third-order valence-corrected chi connectivity index (χ3v) is 6.02. The molecule has 35 heavy (non-hydrogen) atoms. The maximum absolute atomic E-state index is 13.4. The molecule has 0 spiro atoms. The van der Waals surface area contributed by atoms with Gasteiger partial charge in [-0.1, -0.05) is 30.3 Å². The van der Waals surface area contributed by atoms with Crippen LogP contribution in [0.2, 0.25) is 0 Å². The van der Waals surface area contributed by atoms with E-state index in [4.69, 9.17) is 0 Å². The standard InChI is InChI=1S/C24H24F3N5O3/c1-4-29-14-28-21-20(29)22(34)31(23(35)30(21)11-17-8-6-5-7-9-17)12-19(33)18-10-15(2)32(16(18)3)13-24(25,26)27/h5-10,14H,4,11-13H2,1-3H3. The molecular weight excluding hydrogens is 463 g/mol. The van der Waals surface area contributed by atoms with Gasteiger partial charge < -0.3 is 9.13 Å². The Morgan fingerprint density at radius 2 is 1.71 bits per heavy atom. The van der Waals surface area contributed by atoms with E-state index < -0.39 is 36.3 Å². The number of ketones is 1. The van der Waals surface area contributed by atoms with Crippen molar-refractivity contribution in [3.8, 4) is 0 Å². The maximum Gasteiger partial charge on any atom is 0.406 e. The summed E-state index contributed by atoms with van der Waals surface area (Å²) in [7, 11) is 0. The van der Waals surface area contributed by atoms with Gasteiger partial charge in [0.05, 0.1) is 19.4 Å². The van der Waals surface area contributed by atoms with Crippen molar-refractivity contribution < 1.29 is 18.0 Å². The van der Waals surface area contributed by atoms with Crippen molar-refractivity contribution in [1.29, 1.82) is 0 Å².